The molecule has 0 saturated heterocycles. The average Bonchev–Trinajstić information content (AvgIpc) is 2.74. The van der Waals surface area contributed by atoms with Crippen LogP contribution in [0.5, 0.6) is 0 Å². The van der Waals surface area contributed by atoms with Gasteiger partial charge in [0.25, 0.3) is 0 Å². The van der Waals surface area contributed by atoms with E-state index >= 15 is 0 Å². The number of rotatable bonds is 5. The molecule has 7 nitrogen and oxygen atoms in total. The summed E-state index contributed by atoms with van der Waals surface area (Å²) < 4.78 is 1.82. The van der Waals surface area contributed by atoms with E-state index in [0.29, 0.717) is 13.0 Å². The van der Waals surface area contributed by atoms with Crippen molar-refractivity contribution in [3.63, 3.8) is 0 Å². The van der Waals surface area contributed by atoms with E-state index in [4.69, 9.17) is 5.11 Å². The number of hydrogen-bond acceptors (Lipinski definition) is 3. The number of amides is 2. The SMILES string of the molecule is CCC(C(=O)O)N(C)C(=O)N(C)Cc1nccn1C. The molecule has 7 heteroatoms. The largest absolute Gasteiger partial charge is 0.480 e. The van der Waals surface area contributed by atoms with Crippen LogP contribution in [0.25, 0.3) is 0 Å². The van der Waals surface area contributed by atoms with Crippen molar-refractivity contribution in [3.8, 4) is 0 Å². The Hall–Kier alpha value is -2.05. The van der Waals surface area contributed by atoms with Crippen LogP contribution in [-0.2, 0) is 18.4 Å². The molecular formula is C12H20N4O3. The van der Waals surface area contributed by atoms with Crippen LogP contribution >= 0.6 is 0 Å². The minimum Gasteiger partial charge on any atom is -0.480 e. The highest BCUT2D eigenvalue weighted by Gasteiger charge is 2.27. The van der Waals surface area contributed by atoms with E-state index in [0.717, 1.165) is 5.82 Å². The molecule has 1 unspecified atom stereocenters. The van der Waals surface area contributed by atoms with E-state index in [2.05, 4.69) is 4.98 Å². The van der Waals surface area contributed by atoms with Crippen molar-refractivity contribution in [3.05, 3.63) is 18.2 Å². The van der Waals surface area contributed by atoms with Gasteiger partial charge in [0, 0.05) is 33.5 Å². The molecule has 0 fully saturated rings. The topological polar surface area (TPSA) is 78.7 Å². The number of carbonyl (C=O) groups is 2. The van der Waals surface area contributed by atoms with Crippen molar-refractivity contribution in [1.29, 1.82) is 0 Å². The van der Waals surface area contributed by atoms with Gasteiger partial charge in [0.15, 0.2) is 0 Å². The number of urea groups is 1. The summed E-state index contributed by atoms with van der Waals surface area (Å²) >= 11 is 0. The first-order valence-electron chi connectivity index (χ1n) is 6.05. The molecule has 0 aliphatic heterocycles. The van der Waals surface area contributed by atoms with Gasteiger partial charge in [-0.1, -0.05) is 6.92 Å². The van der Waals surface area contributed by atoms with Crippen LogP contribution in [0.15, 0.2) is 12.4 Å². The second-order valence-electron chi connectivity index (χ2n) is 4.47. The standard InChI is InChI=1S/C12H20N4O3/c1-5-9(11(17)18)16(4)12(19)15(3)8-10-13-6-7-14(10)2/h6-7,9H,5,8H2,1-4H3,(H,17,18). The number of likely N-dealkylation sites (N-methyl/N-ethyl adjacent to an activating group) is 1. The summed E-state index contributed by atoms with van der Waals surface area (Å²) in [5.41, 5.74) is 0. The Morgan fingerprint density at radius 1 is 1.47 bits per heavy atom. The lowest BCUT2D eigenvalue weighted by Crippen LogP contribution is -2.47. The zero-order chi connectivity index (χ0) is 14.6. The highest BCUT2D eigenvalue weighted by Crippen LogP contribution is 2.08. The summed E-state index contributed by atoms with van der Waals surface area (Å²) in [6.07, 6.45) is 3.82. The molecule has 1 aromatic rings. The quantitative estimate of drug-likeness (QED) is 0.855. The van der Waals surface area contributed by atoms with E-state index < -0.39 is 12.0 Å². The Morgan fingerprint density at radius 2 is 2.11 bits per heavy atom. The van der Waals surface area contributed by atoms with Crippen molar-refractivity contribution in [2.45, 2.75) is 25.9 Å². The second-order valence-corrected chi connectivity index (χ2v) is 4.47. The van der Waals surface area contributed by atoms with E-state index in [9.17, 15) is 9.59 Å². The third-order valence-electron chi connectivity index (χ3n) is 3.07. The van der Waals surface area contributed by atoms with Crippen LogP contribution in [0, 0.1) is 0 Å². The summed E-state index contributed by atoms with van der Waals surface area (Å²) in [6, 6.07) is -1.14. The fourth-order valence-electron chi connectivity index (χ4n) is 1.85. The van der Waals surface area contributed by atoms with E-state index in [1.54, 1.807) is 26.4 Å². The summed E-state index contributed by atoms with van der Waals surface area (Å²) in [5.74, 6) is -0.253. The number of carboxylic acid groups (broad SMARTS) is 1. The number of imidazole rings is 1. The Balaban J connectivity index is 2.71. The molecule has 1 N–H and O–H groups in total. The van der Waals surface area contributed by atoms with Crippen molar-refractivity contribution < 1.29 is 14.7 Å². The molecule has 0 radical (unpaired) electrons. The third kappa shape index (κ3) is 3.46. The molecule has 0 aliphatic carbocycles. The number of aliphatic carboxylic acids is 1. The smallest absolute Gasteiger partial charge is 0.326 e. The summed E-state index contributed by atoms with van der Waals surface area (Å²) in [5, 5.41) is 9.05. The van der Waals surface area contributed by atoms with Crippen LogP contribution in [-0.4, -0.2) is 56.6 Å². The molecule has 106 valence electrons. The number of nitrogens with zero attached hydrogens (tertiary/aromatic N) is 4. The normalized spacial score (nSPS) is 12.0. The van der Waals surface area contributed by atoms with E-state index in [1.807, 2.05) is 11.6 Å². The predicted octanol–water partition coefficient (Wildman–Crippen LogP) is 0.767. The van der Waals surface area contributed by atoms with Crippen LogP contribution in [0.4, 0.5) is 4.79 Å². The van der Waals surface area contributed by atoms with Gasteiger partial charge >= 0.3 is 12.0 Å². The Kier molecular flexibility index (Phi) is 4.91. The minimum atomic E-state index is -0.997. The Labute approximate surface area is 112 Å². The van der Waals surface area contributed by atoms with Crippen molar-refractivity contribution in [2.75, 3.05) is 14.1 Å². The van der Waals surface area contributed by atoms with Crippen LogP contribution in [0.1, 0.15) is 19.2 Å². The lowest BCUT2D eigenvalue weighted by atomic mass is 10.2. The lowest BCUT2D eigenvalue weighted by Gasteiger charge is -2.28. The number of aryl methyl sites for hydroxylation is 1. The van der Waals surface area contributed by atoms with Crippen molar-refractivity contribution in [1.82, 2.24) is 19.4 Å². The summed E-state index contributed by atoms with van der Waals surface area (Å²) in [6.45, 7) is 2.07. The molecular weight excluding hydrogens is 248 g/mol. The maximum atomic E-state index is 12.1. The fraction of sp³-hybridized carbons (Fsp3) is 0.583. The average molecular weight is 268 g/mol. The van der Waals surface area contributed by atoms with Crippen LogP contribution in [0.2, 0.25) is 0 Å². The third-order valence-corrected chi connectivity index (χ3v) is 3.07. The van der Waals surface area contributed by atoms with E-state index in [-0.39, 0.29) is 6.03 Å². The molecule has 0 aliphatic rings. The van der Waals surface area contributed by atoms with Gasteiger partial charge in [0.05, 0.1) is 6.54 Å². The van der Waals surface area contributed by atoms with Gasteiger partial charge in [0.1, 0.15) is 11.9 Å². The highest BCUT2D eigenvalue weighted by molar-refractivity contribution is 5.82. The first-order chi connectivity index (χ1) is 8.88. The van der Waals surface area contributed by atoms with Gasteiger partial charge in [-0.05, 0) is 6.42 Å². The number of hydrogen-bond donors (Lipinski definition) is 1. The molecule has 0 bridgehead atoms. The lowest BCUT2D eigenvalue weighted by molar-refractivity contribution is -0.142. The number of carboxylic acids is 1. The maximum Gasteiger partial charge on any atom is 0.326 e. The maximum absolute atomic E-state index is 12.1. The molecule has 1 heterocycles. The second kappa shape index (κ2) is 6.21. The molecule has 2 amide bonds. The summed E-state index contributed by atoms with van der Waals surface area (Å²) in [7, 11) is 4.97. The first-order valence-corrected chi connectivity index (χ1v) is 6.05. The molecule has 19 heavy (non-hydrogen) atoms. The van der Waals surface area contributed by atoms with Crippen LogP contribution < -0.4 is 0 Å². The van der Waals surface area contributed by atoms with Gasteiger partial charge in [0.2, 0.25) is 0 Å². The van der Waals surface area contributed by atoms with Gasteiger partial charge in [-0.25, -0.2) is 14.6 Å². The Bertz CT molecular complexity index is 458. The monoisotopic (exact) mass is 268 g/mol. The van der Waals surface area contributed by atoms with Gasteiger partial charge in [-0.2, -0.15) is 0 Å². The molecule has 1 atom stereocenters. The Morgan fingerprint density at radius 3 is 2.53 bits per heavy atom. The van der Waals surface area contributed by atoms with Gasteiger partial charge in [-0.3, -0.25) is 0 Å². The van der Waals surface area contributed by atoms with Crippen molar-refractivity contribution in [2.24, 2.45) is 7.05 Å². The summed E-state index contributed by atoms with van der Waals surface area (Å²) in [4.78, 5) is 30.0. The van der Waals surface area contributed by atoms with Crippen LogP contribution in [0.3, 0.4) is 0 Å². The molecule has 0 aromatic carbocycles. The van der Waals surface area contributed by atoms with E-state index in [1.165, 1.54) is 16.8 Å². The first kappa shape index (κ1) is 15.0. The number of carbonyl (C=O) groups excluding carboxylic acids is 1. The van der Waals surface area contributed by atoms with Gasteiger partial charge < -0.3 is 19.5 Å². The molecule has 0 saturated carbocycles. The predicted molar refractivity (Wildman–Crippen MR) is 69.5 cm³/mol. The zero-order valence-electron chi connectivity index (χ0n) is 11.7. The molecule has 0 spiro atoms. The zero-order valence-corrected chi connectivity index (χ0v) is 11.7. The van der Waals surface area contributed by atoms with Gasteiger partial charge in [-0.15, -0.1) is 0 Å². The number of aromatic nitrogens is 2. The highest BCUT2D eigenvalue weighted by atomic mass is 16.4. The van der Waals surface area contributed by atoms with Crippen molar-refractivity contribution >= 4 is 12.0 Å². The molecule has 1 aromatic heterocycles. The minimum absolute atomic E-state index is 0.336. The fourth-order valence-corrected chi connectivity index (χ4v) is 1.85. The molecule has 1 rings (SSSR count).